The van der Waals surface area contributed by atoms with Crippen LogP contribution in [0.3, 0.4) is 0 Å². The number of halogens is 8. The van der Waals surface area contributed by atoms with Crippen molar-refractivity contribution in [3.8, 4) is 0 Å². The first-order chi connectivity index (χ1) is 20.4. The minimum absolute atomic E-state index is 0. The Morgan fingerprint density at radius 1 is 0.375 bits per heavy atom. The Balaban J connectivity index is -0.000000244. The van der Waals surface area contributed by atoms with E-state index in [9.17, 15) is 34.5 Å². The molecule has 28 heteroatoms. The Morgan fingerprint density at radius 2 is 0.500 bits per heavy atom. The van der Waals surface area contributed by atoms with Gasteiger partial charge in [-0.05, 0) is 125 Å². The van der Waals surface area contributed by atoms with E-state index in [1.54, 1.807) is 44.0 Å². The molecule has 0 aliphatic rings. The largest absolute Gasteiger partial charge is 2.00 e. The van der Waals surface area contributed by atoms with Gasteiger partial charge >= 0.3 is 31.6 Å². The van der Waals surface area contributed by atoms with Crippen LogP contribution in [0.25, 0.3) is 0 Å². The van der Waals surface area contributed by atoms with Crippen LogP contribution in [-0.4, -0.2) is 95.3 Å². The molecule has 0 unspecified atom stereocenters. The van der Waals surface area contributed by atoms with E-state index < -0.39 is 14.5 Å². The fourth-order valence-electron chi connectivity index (χ4n) is 1.87. The zero-order chi connectivity index (χ0) is 36.6. The van der Waals surface area contributed by atoms with Gasteiger partial charge in [0.05, 0.1) is 22.2 Å². The molecule has 281 valence electrons. The van der Waals surface area contributed by atoms with Gasteiger partial charge < -0.3 is 40.0 Å². The molecule has 0 aliphatic carbocycles. The van der Waals surface area contributed by atoms with Crippen molar-refractivity contribution in [1.82, 2.24) is 80.8 Å². The first-order valence-electron chi connectivity index (χ1n) is 13.1. The summed E-state index contributed by atoms with van der Waals surface area (Å²) in [5, 5.41) is 43.1. The van der Waals surface area contributed by atoms with Crippen molar-refractivity contribution >= 4 is 14.5 Å². The number of aromatic nitrogens is 16. The Morgan fingerprint density at radius 3 is 0.542 bits per heavy atom. The average Bonchev–Trinajstić information content (AvgIpc) is 3.64. The van der Waals surface area contributed by atoms with E-state index in [0.717, 1.165) is 0 Å². The van der Waals surface area contributed by atoms with Crippen LogP contribution in [0.2, 0.25) is 0 Å². The van der Waals surface area contributed by atoms with E-state index in [1.807, 2.05) is 83.1 Å². The molecule has 0 aliphatic heterocycles. The number of tetrazole rings is 4. The van der Waals surface area contributed by atoms with Gasteiger partial charge in [0.25, 0.3) is 0 Å². The van der Waals surface area contributed by atoms with Crippen LogP contribution in [0.4, 0.5) is 34.5 Å². The third kappa shape index (κ3) is 31.0. The summed E-state index contributed by atoms with van der Waals surface area (Å²) in [7, 11) is -12.0. The van der Waals surface area contributed by atoms with Gasteiger partial charge in [-0.25, -0.2) is 18.7 Å². The molecule has 0 aromatic carbocycles. The minimum atomic E-state index is -6.00. The molecule has 17 nitrogen and oxygen atoms in total. The SMILES string of the molecule is CC(C)(C)n1cnnn1.CC(C)(C)n1cnnn1.CC(C)(C)n1cnnn1.CC(C)(C)n1cnnn1.F[B-](F)(F)F.F[B-](F)(F)F.[Cu+2].[OH3+]. The summed E-state index contributed by atoms with van der Waals surface area (Å²) in [6, 6.07) is 0. The molecule has 4 rings (SSSR count). The van der Waals surface area contributed by atoms with E-state index in [1.165, 1.54) is 0 Å². The molecule has 48 heavy (non-hydrogen) atoms. The zero-order valence-corrected chi connectivity index (χ0v) is 29.5. The summed E-state index contributed by atoms with van der Waals surface area (Å²) >= 11 is 0. The molecular weight excluding hydrogens is 717 g/mol. The summed E-state index contributed by atoms with van der Waals surface area (Å²) in [6.07, 6.45) is 6.44. The van der Waals surface area contributed by atoms with Crippen LogP contribution in [0.1, 0.15) is 83.1 Å². The third-order valence-electron chi connectivity index (χ3n) is 4.15. The molecule has 0 saturated heterocycles. The van der Waals surface area contributed by atoms with Crippen LogP contribution in [0.15, 0.2) is 25.3 Å². The van der Waals surface area contributed by atoms with Crippen LogP contribution in [0.5, 0.6) is 0 Å². The van der Waals surface area contributed by atoms with Crippen LogP contribution < -0.4 is 0 Å². The predicted octanol–water partition coefficient (Wildman–Crippen LogP) is 3.39. The van der Waals surface area contributed by atoms with Crippen molar-refractivity contribution in [1.29, 1.82) is 0 Å². The van der Waals surface area contributed by atoms with Gasteiger partial charge in [-0.2, -0.15) is 0 Å². The topological polar surface area (TPSA) is 207 Å². The van der Waals surface area contributed by atoms with Crippen molar-refractivity contribution in [3.05, 3.63) is 25.3 Å². The maximum absolute atomic E-state index is 9.75. The summed E-state index contributed by atoms with van der Waals surface area (Å²) in [5.74, 6) is 0. The second kappa shape index (κ2) is 21.3. The monoisotopic (exact) mass is 760 g/mol. The second-order valence-electron chi connectivity index (χ2n) is 12.7. The first-order valence-corrected chi connectivity index (χ1v) is 13.1. The van der Waals surface area contributed by atoms with E-state index in [-0.39, 0.29) is 44.7 Å². The maximum atomic E-state index is 9.75. The zero-order valence-electron chi connectivity index (χ0n) is 28.5. The van der Waals surface area contributed by atoms with Gasteiger partial charge in [0.15, 0.2) is 0 Å². The van der Waals surface area contributed by atoms with Gasteiger partial charge in [-0.15, -0.1) is 20.4 Å². The molecule has 4 heterocycles. The van der Waals surface area contributed by atoms with Gasteiger partial charge in [0, 0.05) is 0 Å². The summed E-state index contributed by atoms with van der Waals surface area (Å²) in [5.41, 5.74) is 0.0139. The molecule has 0 saturated carbocycles. The summed E-state index contributed by atoms with van der Waals surface area (Å²) in [6.45, 7) is 24.5. The Bertz CT molecular complexity index is 1070. The third-order valence-corrected chi connectivity index (χ3v) is 4.15. The normalized spacial score (nSPS) is 11.4. The standard InChI is InChI=1S/4C5H10N4.2BF4.Cu.H2O/c4*1-5(2,3)9-4-6-7-8-9;2*2-1(3,4)5;;/h4*4H,1-3H3;;;;1H2/q;;;;2*-1;+2;/p+1. The Hall–Kier alpha value is -3.67. The average molecular weight is 761 g/mol. The smallest absolute Gasteiger partial charge is 0.457 e. The number of hydrogen-bond donors (Lipinski definition) is 0. The van der Waals surface area contributed by atoms with Crippen molar-refractivity contribution < 1.29 is 57.1 Å². The quantitative estimate of drug-likeness (QED) is 0.144. The molecule has 0 spiro atoms. The molecule has 4 aromatic rings. The number of nitrogens with zero attached hydrogens (tertiary/aromatic N) is 16. The van der Waals surface area contributed by atoms with E-state index in [0.29, 0.717) is 0 Å². The van der Waals surface area contributed by atoms with Crippen LogP contribution in [-0.2, 0) is 44.7 Å². The van der Waals surface area contributed by atoms with Gasteiger partial charge in [-0.3, -0.25) is 0 Å². The maximum Gasteiger partial charge on any atom is 2.00 e. The Labute approximate surface area is 283 Å². The molecule has 4 aromatic heterocycles. The summed E-state index contributed by atoms with van der Waals surface area (Å²) in [4.78, 5) is 0. The van der Waals surface area contributed by atoms with Crippen molar-refractivity contribution in [2.75, 3.05) is 0 Å². The predicted molar refractivity (Wildman–Crippen MR) is 156 cm³/mol. The van der Waals surface area contributed by atoms with E-state index in [2.05, 4.69) is 62.1 Å². The second-order valence-corrected chi connectivity index (χ2v) is 12.7. The molecule has 0 amide bonds. The van der Waals surface area contributed by atoms with E-state index >= 15 is 0 Å². The van der Waals surface area contributed by atoms with Crippen LogP contribution >= 0.6 is 0 Å². The molecule has 0 bridgehead atoms. The van der Waals surface area contributed by atoms with Crippen molar-refractivity contribution in [2.24, 2.45) is 0 Å². The van der Waals surface area contributed by atoms with E-state index in [4.69, 9.17) is 0 Å². The molecule has 1 radical (unpaired) electrons. The van der Waals surface area contributed by atoms with Gasteiger partial charge in [-0.1, -0.05) is 0 Å². The molecule has 3 N–H and O–H groups in total. The van der Waals surface area contributed by atoms with Crippen molar-refractivity contribution in [2.45, 2.75) is 105 Å². The number of hydrogen-bond acceptors (Lipinski definition) is 12. The molecule has 0 fully saturated rings. The fourth-order valence-corrected chi connectivity index (χ4v) is 1.87. The summed E-state index contributed by atoms with van der Waals surface area (Å²) < 4.78 is 84.9. The van der Waals surface area contributed by atoms with Gasteiger partial charge in [0.1, 0.15) is 25.3 Å². The molecule has 0 atom stereocenters. The van der Waals surface area contributed by atoms with Gasteiger partial charge in [0.2, 0.25) is 0 Å². The Kier molecular flexibility index (Phi) is 22.7. The van der Waals surface area contributed by atoms with Crippen LogP contribution in [0, 0.1) is 0 Å². The molecular formula is C20H43B2CuF8N16O+. The first kappa shape index (κ1) is 51.2. The minimum Gasteiger partial charge on any atom is -0.457 e. The number of rotatable bonds is 0. The fraction of sp³-hybridized carbons (Fsp3) is 0.800. The van der Waals surface area contributed by atoms with Crippen molar-refractivity contribution in [3.63, 3.8) is 0 Å².